The number of rotatable bonds is 4. The van der Waals surface area contributed by atoms with Crippen LogP contribution in [0.5, 0.6) is 0 Å². The van der Waals surface area contributed by atoms with Gasteiger partial charge < -0.3 is 4.42 Å². The van der Waals surface area contributed by atoms with E-state index < -0.39 is 0 Å². The number of fused-ring (bicyclic) bond motifs is 6. The van der Waals surface area contributed by atoms with E-state index in [1.54, 1.807) is 0 Å². The Hall–Kier alpha value is -5.65. The fourth-order valence-corrected chi connectivity index (χ4v) is 6.75. The summed E-state index contributed by atoms with van der Waals surface area (Å²) in [6.07, 6.45) is 0. The van der Waals surface area contributed by atoms with Gasteiger partial charge in [-0.25, -0.2) is 15.0 Å². The normalized spacial score (nSPS) is 13.5. The molecule has 0 fully saturated rings. The molecule has 0 aliphatic heterocycles. The monoisotopic (exact) mass is 587 g/mol. The van der Waals surface area contributed by atoms with Crippen LogP contribution in [0.15, 0.2) is 144 Å². The molecule has 3 heterocycles. The zero-order valence-electron chi connectivity index (χ0n) is 29.0. The first kappa shape index (κ1) is 19.5. The molecule has 0 aliphatic rings. The van der Waals surface area contributed by atoms with Crippen molar-refractivity contribution in [3.63, 3.8) is 0 Å². The predicted octanol–water partition coefficient (Wildman–Crippen LogP) is 10.8. The third kappa shape index (κ3) is 4.02. The highest BCUT2D eigenvalue weighted by Gasteiger charge is 2.18. The lowest BCUT2D eigenvalue weighted by atomic mass is 9.98. The number of aromatic nitrogens is 3. The van der Waals surface area contributed by atoms with Crippen LogP contribution in [0.25, 0.3) is 87.4 Å². The SMILES string of the molecule is [2H]c1c([2H])c([2H])c2c(sc3c([2H])c(-c4nc(-c5ccccc5)nc(-c5ccccc5)n4)c([2H])c([2H])c32)c1-c1cccc2oc3ccccc3c12. The van der Waals surface area contributed by atoms with E-state index in [0.717, 1.165) is 21.9 Å². The summed E-state index contributed by atoms with van der Waals surface area (Å²) in [6.45, 7) is 0. The summed E-state index contributed by atoms with van der Waals surface area (Å²) in [5.41, 5.74) is 3.92. The smallest absolute Gasteiger partial charge is 0.164 e. The van der Waals surface area contributed by atoms with Crippen LogP contribution < -0.4 is 0 Å². The van der Waals surface area contributed by atoms with Crippen LogP contribution in [0.1, 0.15) is 8.22 Å². The van der Waals surface area contributed by atoms with Crippen LogP contribution in [-0.2, 0) is 0 Å². The molecule has 3 aromatic heterocycles. The van der Waals surface area contributed by atoms with Crippen molar-refractivity contribution < 1.29 is 12.6 Å². The molecule has 0 atom stereocenters. The lowest BCUT2D eigenvalue weighted by molar-refractivity contribution is 0.669. The summed E-state index contributed by atoms with van der Waals surface area (Å²) >= 11 is 1.18. The van der Waals surface area contributed by atoms with Gasteiger partial charge in [0.25, 0.3) is 0 Å². The first-order valence-corrected chi connectivity index (χ1v) is 14.9. The van der Waals surface area contributed by atoms with Gasteiger partial charge in [-0.3, -0.25) is 0 Å². The van der Waals surface area contributed by atoms with Crippen molar-refractivity contribution in [3.05, 3.63) is 139 Å². The molecular formula is C39H23N3OS. The molecule has 5 heteroatoms. The zero-order valence-corrected chi connectivity index (χ0v) is 23.8. The van der Waals surface area contributed by atoms with Gasteiger partial charge in [0.1, 0.15) is 11.2 Å². The van der Waals surface area contributed by atoms with Gasteiger partial charge in [-0.1, -0.05) is 121 Å². The van der Waals surface area contributed by atoms with E-state index in [4.69, 9.17) is 23.5 Å². The number of hydrogen-bond acceptors (Lipinski definition) is 5. The van der Waals surface area contributed by atoms with Gasteiger partial charge >= 0.3 is 0 Å². The highest BCUT2D eigenvalue weighted by molar-refractivity contribution is 7.26. The molecule has 206 valence electrons. The fraction of sp³-hybridized carbons (Fsp3) is 0. The number of para-hydroxylation sites is 1. The van der Waals surface area contributed by atoms with Crippen molar-refractivity contribution in [2.45, 2.75) is 0 Å². The van der Waals surface area contributed by atoms with E-state index in [1.165, 1.54) is 11.3 Å². The van der Waals surface area contributed by atoms with E-state index in [-0.39, 0.29) is 58.4 Å². The standard InChI is InChI=1S/C39H23N3OS/c1-3-11-24(12-4-1)37-40-38(25-13-5-2-6-14-25)42-39(41-37)26-21-22-27-29-17-9-18-30(36(29)44-34(27)23-26)28-16-10-20-33-35(28)31-15-7-8-19-32(31)43-33/h1-23H/i9D,17D,18D,21D,22D,23D. The fourth-order valence-electron chi connectivity index (χ4n) is 5.62. The molecule has 44 heavy (non-hydrogen) atoms. The Kier molecular flexibility index (Phi) is 4.42. The van der Waals surface area contributed by atoms with Crippen molar-refractivity contribution in [2.24, 2.45) is 0 Å². The van der Waals surface area contributed by atoms with Gasteiger partial charge in [0.15, 0.2) is 17.5 Å². The van der Waals surface area contributed by atoms with Crippen LogP contribution in [-0.4, -0.2) is 15.0 Å². The molecule has 0 radical (unpaired) electrons. The molecular weight excluding hydrogens is 559 g/mol. The van der Waals surface area contributed by atoms with E-state index in [2.05, 4.69) is 0 Å². The van der Waals surface area contributed by atoms with Crippen molar-refractivity contribution in [3.8, 4) is 45.3 Å². The predicted molar refractivity (Wildman–Crippen MR) is 182 cm³/mol. The Labute approximate surface area is 265 Å². The van der Waals surface area contributed by atoms with Gasteiger partial charge in [-0.15, -0.1) is 11.3 Å². The lowest BCUT2D eigenvalue weighted by Gasteiger charge is -2.08. The molecule has 0 spiro atoms. The quantitative estimate of drug-likeness (QED) is 0.205. The van der Waals surface area contributed by atoms with Crippen LogP contribution in [0.3, 0.4) is 0 Å². The highest BCUT2D eigenvalue weighted by Crippen LogP contribution is 2.44. The molecule has 0 saturated heterocycles. The van der Waals surface area contributed by atoms with Crippen LogP contribution in [0.4, 0.5) is 0 Å². The second-order valence-electron chi connectivity index (χ2n) is 10.3. The largest absolute Gasteiger partial charge is 0.456 e. The number of nitrogens with zero attached hydrogens (tertiary/aromatic N) is 3. The molecule has 6 aromatic carbocycles. The maximum absolute atomic E-state index is 9.50. The summed E-state index contributed by atoms with van der Waals surface area (Å²) in [4.78, 5) is 14.2. The Morgan fingerprint density at radius 1 is 0.523 bits per heavy atom. The lowest BCUT2D eigenvalue weighted by Crippen LogP contribution is -1.99. The van der Waals surface area contributed by atoms with Gasteiger partial charge in [0.2, 0.25) is 0 Å². The molecule has 4 nitrogen and oxygen atoms in total. The topological polar surface area (TPSA) is 51.8 Å². The Morgan fingerprint density at radius 3 is 1.93 bits per heavy atom. The Morgan fingerprint density at radius 2 is 1.18 bits per heavy atom. The summed E-state index contributed by atoms with van der Waals surface area (Å²) < 4.78 is 61.9. The average molecular weight is 588 g/mol. The van der Waals surface area contributed by atoms with E-state index in [0.29, 0.717) is 43.3 Å². The summed E-state index contributed by atoms with van der Waals surface area (Å²) in [5.74, 6) is 0.819. The molecule has 9 aromatic rings. The second kappa shape index (κ2) is 9.97. The molecule has 9 rings (SSSR count). The third-order valence-electron chi connectivity index (χ3n) is 7.66. The van der Waals surface area contributed by atoms with E-state index in [1.807, 2.05) is 103 Å². The highest BCUT2D eigenvalue weighted by atomic mass is 32.1. The van der Waals surface area contributed by atoms with Gasteiger partial charge in [0, 0.05) is 53.2 Å². The molecule has 0 amide bonds. The molecule has 0 aliphatic carbocycles. The summed E-state index contributed by atoms with van der Waals surface area (Å²) in [5, 5.41) is 2.13. The van der Waals surface area contributed by atoms with Crippen LogP contribution >= 0.6 is 11.3 Å². The Bertz CT molecular complexity index is 2780. The molecule has 0 bridgehead atoms. The minimum atomic E-state index is -0.295. The maximum atomic E-state index is 9.50. The minimum absolute atomic E-state index is 0.0678. The molecule has 0 saturated carbocycles. The summed E-state index contributed by atoms with van der Waals surface area (Å²) in [6, 6.07) is 30.8. The first-order valence-electron chi connectivity index (χ1n) is 17.1. The minimum Gasteiger partial charge on any atom is -0.456 e. The first-order chi connectivity index (χ1) is 24.3. The maximum Gasteiger partial charge on any atom is 0.164 e. The number of furan rings is 1. The van der Waals surface area contributed by atoms with Crippen molar-refractivity contribution in [2.75, 3.05) is 0 Å². The van der Waals surface area contributed by atoms with E-state index >= 15 is 0 Å². The number of hydrogen-bond donors (Lipinski definition) is 0. The second-order valence-corrected chi connectivity index (χ2v) is 11.3. The Balaban J connectivity index is 1.37. The van der Waals surface area contributed by atoms with Gasteiger partial charge in [0.05, 0.1) is 8.22 Å². The van der Waals surface area contributed by atoms with Gasteiger partial charge in [-0.2, -0.15) is 0 Å². The zero-order chi connectivity index (χ0) is 34.3. The number of thiophene rings is 1. The van der Waals surface area contributed by atoms with Crippen molar-refractivity contribution in [1.82, 2.24) is 15.0 Å². The van der Waals surface area contributed by atoms with Crippen molar-refractivity contribution >= 4 is 53.4 Å². The third-order valence-corrected chi connectivity index (χ3v) is 8.78. The van der Waals surface area contributed by atoms with Gasteiger partial charge in [-0.05, 0) is 23.7 Å². The van der Waals surface area contributed by atoms with E-state index in [9.17, 15) is 4.11 Å². The molecule has 0 N–H and O–H groups in total. The summed E-state index contributed by atoms with van der Waals surface area (Å²) in [7, 11) is 0. The number of benzene rings is 6. The van der Waals surface area contributed by atoms with Crippen LogP contribution in [0.2, 0.25) is 0 Å². The van der Waals surface area contributed by atoms with Crippen molar-refractivity contribution in [1.29, 1.82) is 0 Å². The van der Waals surface area contributed by atoms with Crippen LogP contribution in [0, 0.1) is 0 Å². The average Bonchev–Trinajstić information content (AvgIpc) is 3.74. The molecule has 0 unspecified atom stereocenters.